The topological polar surface area (TPSA) is 253 Å². The normalized spacial score (nSPS) is 49.2. The lowest BCUT2D eigenvalue weighted by Gasteiger charge is -2.46. The van der Waals surface area contributed by atoms with Gasteiger partial charge in [-0.15, -0.1) is 0 Å². The van der Waals surface area contributed by atoms with E-state index in [0.29, 0.717) is 0 Å². The third-order valence-corrected chi connectivity index (χ3v) is 5.00. The summed E-state index contributed by atoms with van der Waals surface area (Å²) in [6, 6.07) is -1.44. The zero-order chi connectivity index (χ0) is 20.7. The summed E-state index contributed by atoms with van der Waals surface area (Å²) in [6.45, 7) is -0.852. The second-order valence-electron chi connectivity index (χ2n) is 6.44. The van der Waals surface area contributed by atoms with E-state index in [2.05, 4.69) is 4.52 Å². The van der Waals surface area contributed by atoms with Crippen LogP contribution in [0.5, 0.6) is 0 Å². The average Bonchev–Trinajstić information content (AvgIpc) is 2.60. The van der Waals surface area contributed by atoms with Crippen molar-refractivity contribution in [3.8, 4) is 0 Å². The summed E-state index contributed by atoms with van der Waals surface area (Å²) < 4.78 is 25.4. The van der Waals surface area contributed by atoms with Crippen molar-refractivity contribution in [1.82, 2.24) is 0 Å². The van der Waals surface area contributed by atoms with Gasteiger partial charge in [-0.25, -0.2) is 4.57 Å². The van der Waals surface area contributed by atoms with E-state index in [1.165, 1.54) is 0 Å². The van der Waals surface area contributed by atoms with Crippen LogP contribution < -0.4 is 5.73 Å². The molecule has 1 saturated heterocycles. The minimum atomic E-state index is -4.91. The number of nitrogens with two attached hydrogens (primary N) is 1. The van der Waals surface area contributed by atoms with Crippen LogP contribution in [-0.2, 0) is 18.6 Å². The van der Waals surface area contributed by atoms with E-state index in [4.69, 9.17) is 25.0 Å². The van der Waals surface area contributed by atoms with Crippen LogP contribution >= 0.6 is 7.82 Å². The molecule has 0 aromatic carbocycles. The van der Waals surface area contributed by atoms with Crippen molar-refractivity contribution in [3.63, 3.8) is 0 Å². The van der Waals surface area contributed by atoms with Crippen molar-refractivity contribution < 1.29 is 64.1 Å². The Balaban J connectivity index is 2.12. The van der Waals surface area contributed by atoms with Gasteiger partial charge in [0.1, 0.15) is 54.9 Å². The van der Waals surface area contributed by atoms with Crippen molar-refractivity contribution in [3.05, 3.63) is 0 Å². The number of phosphoric acid groups is 1. The lowest BCUT2D eigenvalue weighted by molar-refractivity contribution is -0.316. The molecule has 2 aliphatic rings. The van der Waals surface area contributed by atoms with Crippen LogP contribution in [-0.4, -0.2) is 119 Å². The molecular formula is C12H24NO13P. The van der Waals surface area contributed by atoms with E-state index in [1.54, 1.807) is 0 Å². The van der Waals surface area contributed by atoms with E-state index < -0.39 is 81.7 Å². The number of hydrogen-bond donors (Lipinski definition) is 10. The fraction of sp³-hybridized carbons (Fsp3) is 1.00. The molecule has 14 nitrogen and oxygen atoms in total. The summed E-state index contributed by atoms with van der Waals surface area (Å²) in [5.41, 5.74) is 5.67. The second kappa shape index (κ2) is 8.61. The lowest BCUT2D eigenvalue weighted by atomic mass is 9.84. The van der Waals surface area contributed by atoms with Crippen LogP contribution in [0.1, 0.15) is 0 Å². The molecule has 1 aliphatic heterocycles. The van der Waals surface area contributed by atoms with Gasteiger partial charge in [0.15, 0.2) is 6.29 Å². The Bertz CT molecular complexity index is 531. The highest BCUT2D eigenvalue weighted by Crippen LogP contribution is 2.37. The Morgan fingerprint density at radius 2 is 1.30 bits per heavy atom. The molecule has 27 heavy (non-hydrogen) atoms. The van der Waals surface area contributed by atoms with Crippen LogP contribution in [0.15, 0.2) is 0 Å². The predicted molar refractivity (Wildman–Crippen MR) is 81.6 cm³/mol. The van der Waals surface area contributed by atoms with E-state index >= 15 is 0 Å². The SMILES string of the molecule is N[C@H]1[C@@H](OC2[C@@H](O)[C@H](O)C(O)[C@@H](O)[C@H]2O)O[C@H](COP(=O)(O)O)[C@@H](O)[C@@H]1O. The van der Waals surface area contributed by atoms with Gasteiger partial charge in [0.2, 0.25) is 0 Å². The number of ether oxygens (including phenoxy) is 2. The van der Waals surface area contributed by atoms with Crippen LogP contribution in [0.2, 0.25) is 0 Å². The molecule has 11 N–H and O–H groups in total. The van der Waals surface area contributed by atoms with Gasteiger partial charge in [-0.1, -0.05) is 0 Å². The highest BCUT2D eigenvalue weighted by Gasteiger charge is 2.52. The zero-order valence-corrected chi connectivity index (χ0v) is 14.6. The molecule has 0 spiro atoms. The van der Waals surface area contributed by atoms with Crippen molar-refractivity contribution in [2.24, 2.45) is 5.73 Å². The van der Waals surface area contributed by atoms with Crippen LogP contribution in [0.25, 0.3) is 0 Å². The lowest BCUT2D eigenvalue weighted by Crippen LogP contribution is -2.68. The first-order valence-corrected chi connectivity index (χ1v) is 9.41. The standard InChI is InChI=1S/C12H24NO13P/c13-3-5(15)4(14)2(1-24-27(21,22)23)25-12(3)26-11-9(19)7(17)6(16)8(18)10(11)20/h2-12,14-20H,1,13H2,(H2,21,22,23)/t2-,3-,4-,5-,6?,7-,8-,9-,10+,11?,12-/m1/s1. The van der Waals surface area contributed by atoms with Crippen LogP contribution in [0.4, 0.5) is 0 Å². The first kappa shape index (κ1) is 23.0. The van der Waals surface area contributed by atoms with E-state index in [-0.39, 0.29) is 0 Å². The highest BCUT2D eigenvalue weighted by molar-refractivity contribution is 7.46. The Labute approximate surface area is 152 Å². The molecule has 2 fully saturated rings. The van der Waals surface area contributed by atoms with Crippen molar-refractivity contribution in [2.75, 3.05) is 6.61 Å². The molecule has 1 aliphatic carbocycles. The molecule has 0 radical (unpaired) electrons. The van der Waals surface area contributed by atoms with Gasteiger partial charge >= 0.3 is 7.82 Å². The Morgan fingerprint density at radius 1 is 0.815 bits per heavy atom. The van der Waals surface area contributed by atoms with Gasteiger partial charge in [-0.05, 0) is 0 Å². The van der Waals surface area contributed by atoms with E-state index in [0.717, 1.165) is 0 Å². The molecular weight excluding hydrogens is 397 g/mol. The van der Waals surface area contributed by atoms with E-state index in [1.807, 2.05) is 0 Å². The summed E-state index contributed by atoms with van der Waals surface area (Å²) in [5.74, 6) is 0. The predicted octanol–water partition coefficient (Wildman–Crippen LogP) is -5.93. The summed E-state index contributed by atoms with van der Waals surface area (Å²) >= 11 is 0. The molecule has 2 rings (SSSR count). The molecule has 2 unspecified atom stereocenters. The van der Waals surface area contributed by atoms with Gasteiger partial charge in [0.25, 0.3) is 0 Å². The molecule has 0 amide bonds. The third-order valence-electron chi connectivity index (χ3n) is 4.52. The maximum atomic E-state index is 10.8. The average molecular weight is 421 g/mol. The smallest absolute Gasteiger partial charge is 0.388 e. The molecule has 0 aromatic heterocycles. The molecule has 1 saturated carbocycles. The summed E-state index contributed by atoms with van der Waals surface area (Å²) in [7, 11) is -4.91. The van der Waals surface area contributed by atoms with Gasteiger partial charge < -0.3 is 60.7 Å². The molecule has 0 bridgehead atoms. The fourth-order valence-electron chi connectivity index (χ4n) is 2.90. The molecule has 15 heteroatoms. The van der Waals surface area contributed by atoms with Gasteiger partial charge in [0, 0.05) is 0 Å². The van der Waals surface area contributed by atoms with Crippen LogP contribution in [0.3, 0.4) is 0 Å². The van der Waals surface area contributed by atoms with E-state index in [9.17, 15) is 40.3 Å². The number of hydrogen-bond acceptors (Lipinski definition) is 12. The summed E-state index contributed by atoms with van der Waals surface area (Å²) in [6.07, 6.45) is -17.6. The first-order chi connectivity index (χ1) is 12.3. The summed E-state index contributed by atoms with van der Waals surface area (Å²) in [5, 5.41) is 68.7. The fourth-order valence-corrected chi connectivity index (χ4v) is 3.24. The Morgan fingerprint density at radius 3 is 1.78 bits per heavy atom. The quantitative estimate of drug-likeness (QED) is 0.186. The molecule has 160 valence electrons. The highest BCUT2D eigenvalue weighted by atomic mass is 31.2. The number of aliphatic hydroxyl groups excluding tert-OH is 7. The van der Waals surface area contributed by atoms with Gasteiger partial charge in [-0.3, -0.25) is 4.52 Å². The maximum Gasteiger partial charge on any atom is 0.469 e. The Kier molecular flexibility index (Phi) is 7.33. The number of rotatable bonds is 5. The monoisotopic (exact) mass is 421 g/mol. The zero-order valence-electron chi connectivity index (χ0n) is 13.7. The second-order valence-corrected chi connectivity index (χ2v) is 7.68. The minimum absolute atomic E-state index is 0.852. The third kappa shape index (κ3) is 5.01. The van der Waals surface area contributed by atoms with Crippen molar-refractivity contribution in [2.45, 2.75) is 67.3 Å². The molecule has 11 atom stereocenters. The van der Waals surface area contributed by atoms with Gasteiger partial charge in [0.05, 0.1) is 12.6 Å². The maximum absolute atomic E-state index is 10.8. The van der Waals surface area contributed by atoms with Crippen LogP contribution in [0, 0.1) is 0 Å². The molecule has 0 aromatic rings. The van der Waals surface area contributed by atoms with Crippen molar-refractivity contribution >= 4 is 7.82 Å². The number of phosphoric ester groups is 1. The largest absolute Gasteiger partial charge is 0.469 e. The first-order valence-electron chi connectivity index (χ1n) is 7.88. The molecule has 1 heterocycles. The Hall–Kier alpha value is -0.290. The number of aliphatic hydroxyl groups is 7. The minimum Gasteiger partial charge on any atom is -0.388 e. The van der Waals surface area contributed by atoms with Gasteiger partial charge in [-0.2, -0.15) is 0 Å². The summed E-state index contributed by atoms with van der Waals surface area (Å²) in [4.78, 5) is 17.4. The van der Waals surface area contributed by atoms with Crippen molar-refractivity contribution in [1.29, 1.82) is 0 Å².